The normalized spacial score (nSPS) is 21.1. The Morgan fingerprint density at radius 1 is 1.18 bits per heavy atom. The van der Waals surface area contributed by atoms with Crippen LogP contribution in [0.1, 0.15) is 54.1 Å². The van der Waals surface area contributed by atoms with Crippen LogP contribution in [0.15, 0.2) is 47.6 Å². The van der Waals surface area contributed by atoms with Crippen molar-refractivity contribution < 1.29 is 19.3 Å². The highest BCUT2D eigenvalue weighted by Crippen LogP contribution is 2.52. The van der Waals surface area contributed by atoms with E-state index in [1.54, 1.807) is 6.07 Å². The molecule has 3 amide bonds. The van der Waals surface area contributed by atoms with E-state index in [1.807, 2.05) is 19.1 Å². The Hall–Kier alpha value is -3.53. The number of hydrazone groups is 1. The van der Waals surface area contributed by atoms with Crippen LogP contribution in [0.4, 0.5) is 16.2 Å². The molecule has 0 aromatic heterocycles. The van der Waals surface area contributed by atoms with Gasteiger partial charge in [0.15, 0.2) is 0 Å². The topological polar surface area (TPSA) is 122 Å². The van der Waals surface area contributed by atoms with Crippen molar-refractivity contribution in [2.45, 2.75) is 43.3 Å². The summed E-state index contributed by atoms with van der Waals surface area (Å²) in [5.41, 5.74) is 4.67. The molecule has 1 N–H and O–H groups in total. The summed E-state index contributed by atoms with van der Waals surface area (Å²) in [5, 5.41) is 14.8. The van der Waals surface area contributed by atoms with Crippen LogP contribution in [0.5, 0.6) is 0 Å². The Morgan fingerprint density at radius 3 is 2.52 bits per heavy atom. The summed E-state index contributed by atoms with van der Waals surface area (Å²) >= 11 is 1.15. The second-order valence-electron chi connectivity index (χ2n) is 8.43. The average molecular weight is 465 g/mol. The van der Waals surface area contributed by atoms with Gasteiger partial charge in [0, 0.05) is 17.7 Å². The predicted octanol–water partition coefficient (Wildman–Crippen LogP) is 4.14. The summed E-state index contributed by atoms with van der Waals surface area (Å²) in [7, 11) is 0. The van der Waals surface area contributed by atoms with Crippen LogP contribution >= 0.6 is 11.8 Å². The fourth-order valence-electron chi connectivity index (χ4n) is 4.97. The van der Waals surface area contributed by atoms with E-state index in [-0.39, 0.29) is 27.6 Å². The van der Waals surface area contributed by atoms with Gasteiger partial charge in [-0.25, -0.2) is 10.3 Å². The molecule has 0 saturated heterocycles. The molecule has 1 saturated carbocycles. The van der Waals surface area contributed by atoms with Crippen molar-refractivity contribution in [2.75, 3.05) is 4.90 Å². The first-order chi connectivity index (χ1) is 15.8. The Kier molecular flexibility index (Phi) is 5.04. The van der Waals surface area contributed by atoms with E-state index in [0.717, 1.165) is 35.7 Å². The van der Waals surface area contributed by atoms with Gasteiger partial charge in [-0.1, -0.05) is 30.7 Å². The fourth-order valence-corrected chi connectivity index (χ4v) is 5.69. The minimum Gasteiger partial charge on any atom is -0.273 e. The molecular formula is C23H20N4O5S. The number of hydrogen-bond acceptors (Lipinski definition) is 7. The van der Waals surface area contributed by atoms with Crippen LogP contribution in [-0.2, 0) is 10.2 Å². The largest absolute Gasteiger partial charge is 0.299 e. The Morgan fingerprint density at radius 2 is 1.88 bits per heavy atom. The number of nitro groups is 1. The molecule has 168 valence electrons. The minimum absolute atomic E-state index is 0.121. The van der Waals surface area contributed by atoms with Gasteiger partial charge in [-0.2, -0.15) is 5.10 Å². The van der Waals surface area contributed by atoms with E-state index in [0.29, 0.717) is 24.2 Å². The number of nitrogens with one attached hydrogen (secondary N) is 1. The molecule has 9 nitrogen and oxygen atoms in total. The standard InChI is InChI=1S/C23H20N4O5S/c1-13-19(24-25-22(30)33-13)15-6-9-18-17(12-15)23(10-2-3-11-23)21(29)26(18)20(28)14-4-7-16(8-5-14)27(31)32/h4-9,12-13H,2-3,10-11H2,1H3,(H,25,30). The number of non-ortho nitro benzene ring substituents is 1. The maximum Gasteiger partial charge on any atom is 0.299 e. The lowest BCUT2D eigenvalue weighted by molar-refractivity contribution is -0.384. The second kappa shape index (κ2) is 7.80. The quantitative estimate of drug-likeness (QED) is 0.414. The number of nitro benzene ring substituents is 1. The smallest absolute Gasteiger partial charge is 0.273 e. The maximum absolute atomic E-state index is 13.7. The summed E-state index contributed by atoms with van der Waals surface area (Å²) in [5.74, 6) is -0.754. The zero-order chi connectivity index (χ0) is 23.3. The van der Waals surface area contributed by atoms with Gasteiger partial charge in [0.05, 0.1) is 27.0 Å². The molecule has 1 fully saturated rings. The van der Waals surface area contributed by atoms with Crippen molar-refractivity contribution >= 4 is 45.9 Å². The van der Waals surface area contributed by atoms with Crippen LogP contribution in [0.2, 0.25) is 0 Å². The van der Waals surface area contributed by atoms with Gasteiger partial charge in [0.2, 0.25) is 5.91 Å². The summed E-state index contributed by atoms with van der Waals surface area (Å²) in [6.07, 6.45) is 3.08. The number of carbonyl (C=O) groups is 3. The minimum atomic E-state index is -0.767. The fraction of sp³-hybridized carbons (Fsp3) is 0.304. The van der Waals surface area contributed by atoms with E-state index in [4.69, 9.17) is 0 Å². The van der Waals surface area contributed by atoms with Gasteiger partial charge in [0.1, 0.15) is 0 Å². The lowest BCUT2D eigenvalue weighted by Gasteiger charge is -2.23. The molecule has 1 spiro atoms. The van der Waals surface area contributed by atoms with Crippen molar-refractivity contribution in [2.24, 2.45) is 5.10 Å². The van der Waals surface area contributed by atoms with Crippen LogP contribution < -0.4 is 10.3 Å². The average Bonchev–Trinajstić information content (AvgIpc) is 3.38. The number of imide groups is 1. The summed E-state index contributed by atoms with van der Waals surface area (Å²) in [4.78, 5) is 50.3. The number of benzene rings is 2. The molecule has 0 radical (unpaired) electrons. The van der Waals surface area contributed by atoms with E-state index in [9.17, 15) is 24.5 Å². The molecule has 3 aliphatic rings. The third-order valence-electron chi connectivity index (χ3n) is 6.58. The monoisotopic (exact) mass is 464 g/mol. The Balaban J connectivity index is 1.58. The molecule has 1 unspecified atom stereocenters. The highest BCUT2D eigenvalue weighted by Gasteiger charge is 2.54. The summed E-state index contributed by atoms with van der Waals surface area (Å²) in [6.45, 7) is 1.90. The van der Waals surface area contributed by atoms with Gasteiger partial charge in [-0.3, -0.25) is 24.5 Å². The number of rotatable bonds is 3. The van der Waals surface area contributed by atoms with Crippen LogP contribution in [0, 0.1) is 10.1 Å². The zero-order valence-corrected chi connectivity index (χ0v) is 18.6. The van der Waals surface area contributed by atoms with Crippen LogP contribution in [-0.4, -0.2) is 32.9 Å². The number of nitrogens with zero attached hydrogens (tertiary/aromatic N) is 3. The predicted molar refractivity (Wildman–Crippen MR) is 124 cm³/mol. The number of thioether (sulfide) groups is 1. The SMILES string of the molecule is CC1SC(=O)NN=C1c1ccc2c(c1)C1(CCCC1)C(=O)N2C(=O)c1ccc([N+](=O)[O-])cc1. The van der Waals surface area contributed by atoms with E-state index < -0.39 is 16.2 Å². The van der Waals surface area contributed by atoms with Gasteiger partial charge in [0.25, 0.3) is 16.8 Å². The molecule has 33 heavy (non-hydrogen) atoms. The number of anilines is 1. The van der Waals surface area contributed by atoms with Crippen molar-refractivity contribution in [3.63, 3.8) is 0 Å². The molecule has 0 bridgehead atoms. The van der Waals surface area contributed by atoms with Crippen molar-refractivity contribution in [1.82, 2.24) is 5.43 Å². The number of fused-ring (bicyclic) bond motifs is 2. The summed E-state index contributed by atoms with van der Waals surface area (Å²) < 4.78 is 0. The Bertz CT molecular complexity index is 1230. The zero-order valence-electron chi connectivity index (χ0n) is 17.7. The van der Waals surface area contributed by atoms with E-state index in [1.165, 1.54) is 29.2 Å². The number of carbonyl (C=O) groups excluding carboxylic acids is 3. The molecule has 5 rings (SSSR count). The first-order valence-corrected chi connectivity index (χ1v) is 11.5. The number of amides is 3. The highest BCUT2D eigenvalue weighted by atomic mass is 32.2. The first-order valence-electron chi connectivity index (χ1n) is 10.6. The van der Waals surface area contributed by atoms with E-state index in [2.05, 4.69) is 10.5 Å². The van der Waals surface area contributed by atoms with E-state index >= 15 is 0 Å². The molecule has 2 aliphatic heterocycles. The van der Waals surface area contributed by atoms with Gasteiger partial charge in [-0.05, 0) is 55.2 Å². The van der Waals surface area contributed by atoms with Crippen LogP contribution in [0.3, 0.4) is 0 Å². The van der Waals surface area contributed by atoms with Crippen molar-refractivity contribution in [3.8, 4) is 0 Å². The highest BCUT2D eigenvalue weighted by molar-refractivity contribution is 8.14. The van der Waals surface area contributed by atoms with Gasteiger partial charge < -0.3 is 0 Å². The molecule has 2 aromatic carbocycles. The number of hydrogen-bond donors (Lipinski definition) is 1. The van der Waals surface area contributed by atoms with Gasteiger partial charge in [-0.15, -0.1) is 0 Å². The molecule has 1 atom stereocenters. The molecule has 2 aromatic rings. The lowest BCUT2D eigenvalue weighted by Crippen LogP contribution is -2.42. The molecule has 2 heterocycles. The maximum atomic E-state index is 13.7. The van der Waals surface area contributed by atoms with Crippen molar-refractivity contribution in [1.29, 1.82) is 0 Å². The molecular weight excluding hydrogens is 444 g/mol. The Labute approximate surface area is 193 Å². The molecule has 10 heteroatoms. The first kappa shape index (κ1) is 21.3. The lowest BCUT2D eigenvalue weighted by atomic mass is 9.79. The second-order valence-corrected chi connectivity index (χ2v) is 9.74. The molecule has 1 aliphatic carbocycles. The van der Waals surface area contributed by atoms with Gasteiger partial charge >= 0.3 is 0 Å². The third-order valence-corrected chi connectivity index (χ3v) is 7.47. The van der Waals surface area contributed by atoms with Crippen LogP contribution in [0.25, 0.3) is 0 Å². The third kappa shape index (κ3) is 3.32. The summed E-state index contributed by atoms with van der Waals surface area (Å²) in [6, 6.07) is 10.8. The van der Waals surface area contributed by atoms with Crippen molar-refractivity contribution in [3.05, 3.63) is 69.3 Å².